The van der Waals surface area contributed by atoms with E-state index in [4.69, 9.17) is 0 Å². The maximum absolute atomic E-state index is 13.9. The molecule has 0 spiro atoms. The van der Waals surface area contributed by atoms with E-state index < -0.39 is 17.5 Å². The fourth-order valence-electron chi connectivity index (χ4n) is 1.29. The van der Waals surface area contributed by atoms with Crippen molar-refractivity contribution in [2.24, 2.45) is 0 Å². The molecule has 0 N–H and O–H groups in total. The number of ether oxygens (including phenoxy) is 1. The Balaban J connectivity index is 2.54. The molecule has 0 unspecified atom stereocenters. The molecule has 0 radical (unpaired) electrons. The van der Waals surface area contributed by atoms with Crippen LogP contribution in [0.4, 0.5) is 4.39 Å². The van der Waals surface area contributed by atoms with Crippen LogP contribution in [0.5, 0.6) is 0 Å². The summed E-state index contributed by atoms with van der Waals surface area (Å²) in [5.74, 6) is -1.68. The van der Waals surface area contributed by atoms with Crippen LogP contribution in [0.25, 0.3) is 11.4 Å². The largest absolute Gasteiger partial charge is 0.464 e. The minimum Gasteiger partial charge on any atom is -0.464 e. The summed E-state index contributed by atoms with van der Waals surface area (Å²) in [6.45, 7) is 0. The lowest BCUT2D eigenvalue weighted by molar-refractivity contribution is 0.0588. The Hall–Kier alpha value is -2.37. The van der Waals surface area contributed by atoms with E-state index in [0.29, 0.717) is 5.69 Å². The first kappa shape index (κ1) is 11.1. The summed E-state index contributed by atoms with van der Waals surface area (Å²) in [5.41, 5.74) is -0.0956. The van der Waals surface area contributed by atoms with E-state index in [1.54, 1.807) is 18.2 Å². The van der Waals surface area contributed by atoms with Gasteiger partial charge in [0.25, 0.3) is 0 Å². The number of nitrogens with zero attached hydrogens (tertiary/aromatic N) is 3. The maximum Gasteiger partial charge on any atom is 0.359 e. The fourth-order valence-corrected chi connectivity index (χ4v) is 1.29. The zero-order valence-electron chi connectivity index (χ0n) is 8.92. The Kier molecular flexibility index (Phi) is 3.04. The molecule has 0 aliphatic rings. The van der Waals surface area contributed by atoms with Crippen LogP contribution in [0.2, 0.25) is 0 Å². The molecule has 6 heteroatoms. The molecule has 2 aromatic heterocycles. The van der Waals surface area contributed by atoms with E-state index in [2.05, 4.69) is 19.7 Å². The predicted octanol–water partition coefficient (Wildman–Crippen LogP) is 1.46. The van der Waals surface area contributed by atoms with Crippen molar-refractivity contribution in [3.05, 3.63) is 42.2 Å². The molecule has 0 fully saturated rings. The highest BCUT2D eigenvalue weighted by molar-refractivity contribution is 5.88. The second-order valence-corrected chi connectivity index (χ2v) is 3.09. The van der Waals surface area contributed by atoms with Gasteiger partial charge in [-0.2, -0.15) is 0 Å². The van der Waals surface area contributed by atoms with Crippen LogP contribution in [0.1, 0.15) is 10.5 Å². The molecule has 0 aromatic carbocycles. The monoisotopic (exact) mass is 233 g/mol. The van der Waals surface area contributed by atoms with Gasteiger partial charge in [-0.1, -0.05) is 6.07 Å². The average Bonchev–Trinajstić information content (AvgIpc) is 2.39. The number of hydrogen-bond acceptors (Lipinski definition) is 5. The second kappa shape index (κ2) is 4.65. The number of hydrogen-bond donors (Lipinski definition) is 0. The molecular formula is C11H8FN3O2. The molecule has 0 saturated heterocycles. The Morgan fingerprint density at radius 3 is 2.76 bits per heavy atom. The molecule has 17 heavy (non-hydrogen) atoms. The van der Waals surface area contributed by atoms with Crippen LogP contribution in [-0.2, 0) is 4.74 Å². The van der Waals surface area contributed by atoms with Crippen LogP contribution in [0, 0.1) is 5.82 Å². The molecule has 0 amide bonds. The summed E-state index contributed by atoms with van der Waals surface area (Å²) in [4.78, 5) is 22.5. The standard InChI is InChI=1S/C11H8FN3O2/c1-17-11(16)10-8(12)9(14-6-15-10)7-4-2-3-5-13-7/h2-6H,1H3. The lowest BCUT2D eigenvalue weighted by Gasteiger charge is -2.04. The van der Waals surface area contributed by atoms with Gasteiger partial charge in [0.05, 0.1) is 12.8 Å². The third kappa shape index (κ3) is 2.10. The van der Waals surface area contributed by atoms with E-state index in [0.717, 1.165) is 13.4 Å². The molecule has 2 aromatic rings. The number of methoxy groups -OCH3 is 1. The first-order valence-corrected chi connectivity index (χ1v) is 4.74. The normalized spacial score (nSPS) is 10.0. The van der Waals surface area contributed by atoms with Crippen LogP contribution in [0.3, 0.4) is 0 Å². The highest BCUT2D eigenvalue weighted by Gasteiger charge is 2.19. The van der Waals surface area contributed by atoms with Gasteiger partial charge in [0.2, 0.25) is 0 Å². The van der Waals surface area contributed by atoms with Crippen molar-refractivity contribution >= 4 is 5.97 Å². The first-order chi connectivity index (χ1) is 8.24. The summed E-state index contributed by atoms with van der Waals surface area (Å²) in [6.07, 6.45) is 2.61. The fraction of sp³-hybridized carbons (Fsp3) is 0.0909. The number of pyridine rings is 1. The molecule has 0 saturated carbocycles. The van der Waals surface area contributed by atoms with Crippen LogP contribution in [-0.4, -0.2) is 28.0 Å². The van der Waals surface area contributed by atoms with Gasteiger partial charge in [-0.25, -0.2) is 19.2 Å². The van der Waals surface area contributed by atoms with Gasteiger partial charge in [0.1, 0.15) is 12.0 Å². The minimum absolute atomic E-state index is 0.0269. The summed E-state index contributed by atoms with van der Waals surface area (Å²) in [7, 11) is 1.16. The van der Waals surface area contributed by atoms with E-state index in [1.165, 1.54) is 6.20 Å². The number of rotatable bonds is 2. The van der Waals surface area contributed by atoms with E-state index >= 15 is 0 Å². The Labute approximate surface area is 96.3 Å². The molecule has 86 valence electrons. The Morgan fingerprint density at radius 2 is 2.12 bits per heavy atom. The summed E-state index contributed by atoms with van der Waals surface area (Å²) < 4.78 is 18.3. The molecule has 0 aliphatic carbocycles. The number of esters is 1. The van der Waals surface area contributed by atoms with Crippen molar-refractivity contribution < 1.29 is 13.9 Å². The zero-order chi connectivity index (χ0) is 12.3. The average molecular weight is 233 g/mol. The van der Waals surface area contributed by atoms with Crippen LogP contribution < -0.4 is 0 Å². The van der Waals surface area contributed by atoms with E-state index in [-0.39, 0.29) is 5.69 Å². The van der Waals surface area contributed by atoms with Crippen LogP contribution >= 0.6 is 0 Å². The van der Waals surface area contributed by atoms with Gasteiger partial charge < -0.3 is 4.74 Å². The van der Waals surface area contributed by atoms with Gasteiger partial charge in [-0.3, -0.25) is 4.98 Å². The molecule has 0 aliphatic heterocycles. The molecule has 0 bridgehead atoms. The van der Waals surface area contributed by atoms with Gasteiger partial charge in [0.15, 0.2) is 11.5 Å². The molecule has 2 rings (SSSR count). The van der Waals surface area contributed by atoms with Gasteiger partial charge in [0, 0.05) is 6.20 Å². The number of carbonyl (C=O) groups excluding carboxylic acids is 1. The number of carbonyl (C=O) groups is 1. The third-order valence-corrected chi connectivity index (χ3v) is 2.08. The van der Waals surface area contributed by atoms with E-state index in [1.807, 2.05) is 0 Å². The lowest BCUT2D eigenvalue weighted by Crippen LogP contribution is -2.09. The highest BCUT2D eigenvalue weighted by Crippen LogP contribution is 2.19. The van der Waals surface area contributed by atoms with Crippen molar-refractivity contribution in [3.8, 4) is 11.4 Å². The Bertz CT molecular complexity index is 546. The molecular weight excluding hydrogens is 225 g/mol. The lowest BCUT2D eigenvalue weighted by atomic mass is 10.2. The van der Waals surface area contributed by atoms with Gasteiger partial charge in [-0.05, 0) is 12.1 Å². The van der Waals surface area contributed by atoms with Crippen molar-refractivity contribution in [3.63, 3.8) is 0 Å². The van der Waals surface area contributed by atoms with Crippen molar-refractivity contribution in [2.45, 2.75) is 0 Å². The zero-order valence-corrected chi connectivity index (χ0v) is 8.92. The highest BCUT2D eigenvalue weighted by atomic mass is 19.1. The van der Waals surface area contributed by atoms with Crippen molar-refractivity contribution in [2.75, 3.05) is 7.11 Å². The quantitative estimate of drug-likeness (QED) is 0.735. The smallest absolute Gasteiger partial charge is 0.359 e. The summed E-state index contributed by atoms with van der Waals surface area (Å²) in [5, 5.41) is 0. The Morgan fingerprint density at radius 1 is 1.29 bits per heavy atom. The van der Waals surface area contributed by atoms with E-state index in [9.17, 15) is 9.18 Å². The molecule has 0 atom stereocenters. The second-order valence-electron chi connectivity index (χ2n) is 3.09. The summed E-state index contributed by atoms with van der Waals surface area (Å²) in [6, 6.07) is 4.98. The van der Waals surface area contributed by atoms with Gasteiger partial charge >= 0.3 is 5.97 Å². The SMILES string of the molecule is COC(=O)c1ncnc(-c2ccccn2)c1F. The topological polar surface area (TPSA) is 65.0 Å². The maximum atomic E-state index is 13.9. The van der Waals surface area contributed by atoms with Gasteiger partial charge in [-0.15, -0.1) is 0 Å². The number of halogens is 1. The van der Waals surface area contributed by atoms with Crippen molar-refractivity contribution in [1.29, 1.82) is 0 Å². The third-order valence-electron chi connectivity index (χ3n) is 2.08. The van der Waals surface area contributed by atoms with Crippen LogP contribution in [0.15, 0.2) is 30.7 Å². The minimum atomic E-state index is -0.845. The first-order valence-electron chi connectivity index (χ1n) is 4.74. The molecule has 5 nitrogen and oxygen atoms in total. The summed E-state index contributed by atoms with van der Waals surface area (Å²) >= 11 is 0. The molecule has 2 heterocycles. The number of aromatic nitrogens is 3. The van der Waals surface area contributed by atoms with Crippen molar-refractivity contribution in [1.82, 2.24) is 15.0 Å². The predicted molar refractivity (Wildman–Crippen MR) is 56.6 cm³/mol.